The Morgan fingerprint density at radius 3 is 2.71 bits per heavy atom. The highest BCUT2D eigenvalue weighted by atomic mass is 32.2. The minimum atomic E-state index is 0.0216. The van der Waals surface area contributed by atoms with E-state index in [0.29, 0.717) is 35.0 Å². The van der Waals surface area contributed by atoms with Crippen LogP contribution in [0, 0.1) is 0 Å². The molecule has 1 aliphatic rings. The van der Waals surface area contributed by atoms with Crippen molar-refractivity contribution in [1.82, 2.24) is 0 Å². The molecule has 1 aliphatic heterocycles. The summed E-state index contributed by atoms with van der Waals surface area (Å²) in [4.78, 5) is 12.8. The second-order valence-corrected chi connectivity index (χ2v) is 8.06. The number of carbonyl (C=O) groups excluding carboxylic acids is 1. The largest absolute Gasteiger partial charge is 0.490 e. The number of rotatable bonds is 6. The second-order valence-electron chi connectivity index (χ2n) is 5.07. The fraction of sp³-hybridized carbons (Fsp3) is 0.562. The maximum absolute atomic E-state index is 12.8. The first kappa shape index (κ1) is 16.7. The Bertz CT molecular complexity index is 478. The Kier molecular flexibility index (Phi) is 6.45. The number of ketones is 1. The monoisotopic (exact) mass is 326 g/mol. The van der Waals surface area contributed by atoms with Gasteiger partial charge in [0.2, 0.25) is 0 Å². The molecular formula is C16H22O3S2. The predicted molar refractivity (Wildman–Crippen MR) is 90.9 cm³/mol. The first-order valence-corrected chi connectivity index (χ1v) is 9.14. The first-order chi connectivity index (χ1) is 10.1. The number of Topliss-reactive ketones (excluding diaryl/α,β-unsaturated/α-hetero) is 1. The molecule has 0 N–H and O–H groups in total. The molecule has 0 aliphatic carbocycles. The SMILES string of the molecule is COCCOc1ccccc1C(=O)C1CSC(C)C(C)S1. The predicted octanol–water partition coefficient (Wildman–Crippen LogP) is 3.52. The van der Waals surface area contributed by atoms with Crippen LogP contribution in [0.15, 0.2) is 24.3 Å². The first-order valence-electron chi connectivity index (χ1n) is 7.15. The summed E-state index contributed by atoms with van der Waals surface area (Å²) in [5.74, 6) is 1.72. The molecule has 0 bridgehead atoms. The van der Waals surface area contributed by atoms with Gasteiger partial charge in [-0.3, -0.25) is 4.79 Å². The zero-order valence-electron chi connectivity index (χ0n) is 12.7. The number of thioether (sulfide) groups is 2. The van der Waals surface area contributed by atoms with Crippen molar-refractivity contribution < 1.29 is 14.3 Å². The van der Waals surface area contributed by atoms with E-state index in [-0.39, 0.29) is 11.0 Å². The summed E-state index contributed by atoms with van der Waals surface area (Å²) in [5, 5.41) is 1.12. The standard InChI is InChI=1S/C16H22O3S2/c1-11-12(2)21-15(10-20-11)16(17)13-6-4-5-7-14(13)19-9-8-18-3/h4-7,11-12,15H,8-10H2,1-3H3. The number of benzene rings is 1. The van der Waals surface area contributed by atoms with E-state index in [4.69, 9.17) is 9.47 Å². The number of methoxy groups -OCH3 is 1. The van der Waals surface area contributed by atoms with Gasteiger partial charge >= 0.3 is 0 Å². The number of para-hydroxylation sites is 1. The smallest absolute Gasteiger partial charge is 0.180 e. The summed E-state index contributed by atoms with van der Waals surface area (Å²) >= 11 is 3.67. The van der Waals surface area contributed by atoms with E-state index in [9.17, 15) is 4.79 Å². The Labute approximate surface area is 135 Å². The summed E-state index contributed by atoms with van der Waals surface area (Å²) in [6, 6.07) is 7.50. The lowest BCUT2D eigenvalue weighted by atomic mass is 10.1. The number of hydrogen-bond donors (Lipinski definition) is 0. The zero-order chi connectivity index (χ0) is 15.2. The Morgan fingerprint density at radius 2 is 2.00 bits per heavy atom. The number of ether oxygens (including phenoxy) is 2. The summed E-state index contributed by atoms with van der Waals surface area (Å²) in [7, 11) is 1.64. The number of hydrogen-bond acceptors (Lipinski definition) is 5. The molecule has 3 atom stereocenters. The van der Waals surface area contributed by atoms with E-state index >= 15 is 0 Å². The van der Waals surface area contributed by atoms with Crippen molar-refractivity contribution in [2.24, 2.45) is 0 Å². The van der Waals surface area contributed by atoms with E-state index in [2.05, 4.69) is 13.8 Å². The highest BCUT2D eigenvalue weighted by Crippen LogP contribution is 2.38. The van der Waals surface area contributed by atoms with Gasteiger partial charge in [-0.25, -0.2) is 0 Å². The van der Waals surface area contributed by atoms with Crippen LogP contribution in [0.25, 0.3) is 0 Å². The molecule has 0 spiro atoms. The third-order valence-corrected chi connectivity index (χ3v) is 6.93. The van der Waals surface area contributed by atoms with Gasteiger partial charge in [-0.1, -0.05) is 26.0 Å². The minimum absolute atomic E-state index is 0.0216. The van der Waals surface area contributed by atoms with Crippen LogP contribution < -0.4 is 4.74 Å². The zero-order valence-corrected chi connectivity index (χ0v) is 14.3. The van der Waals surface area contributed by atoms with Gasteiger partial charge in [0.25, 0.3) is 0 Å². The molecule has 0 aromatic heterocycles. The van der Waals surface area contributed by atoms with E-state index in [1.807, 2.05) is 36.0 Å². The maximum Gasteiger partial charge on any atom is 0.180 e. The lowest BCUT2D eigenvalue weighted by molar-refractivity contribution is 0.0987. The van der Waals surface area contributed by atoms with Crippen LogP contribution in [-0.4, -0.2) is 47.6 Å². The molecular weight excluding hydrogens is 304 g/mol. The maximum atomic E-state index is 12.8. The molecule has 1 heterocycles. The van der Waals surface area contributed by atoms with Crippen LogP contribution in [0.5, 0.6) is 5.75 Å². The van der Waals surface area contributed by atoms with Gasteiger partial charge in [0.15, 0.2) is 5.78 Å². The van der Waals surface area contributed by atoms with Gasteiger partial charge in [-0.2, -0.15) is 11.8 Å². The van der Waals surface area contributed by atoms with Gasteiger partial charge in [0.1, 0.15) is 12.4 Å². The lowest BCUT2D eigenvalue weighted by Crippen LogP contribution is -2.31. The summed E-state index contributed by atoms with van der Waals surface area (Å²) in [6.07, 6.45) is 0. The van der Waals surface area contributed by atoms with E-state index < -0.39 is 0 Å². The Balaban J connectivity index is 2.08. The Hall–Kier alpha value is -0.650. The third-order valence-electron chi connectivity index (χ3n) is 3.54. The molecule has 3 unspecified atom stereocenters. The van der Waals surface area contributed by atoms with Crippen molar-refractivity contribution in [3.8, 4) is 5.75 Å². The quantitative estimate of drug-likeness (QED) is 0.590. The van der Waals surface area contributed by atoms with Gasteiger partial charge < -0.3 is 9.47 Å². The lowest BCUT2D eigenvalue weighted by Gasteiger charge is -2.30. The van der Waals surface area contributed by atoms with Crippen molar-refractivity contribution in [2.45, 2.75) is 29.6 Å². The average molecular weight is 326 g/mol. The van der Waals surface area contributed by atoms with Gasteiger partial charge in [-0.15, -0.1) is 11.8 Å². The summed E-state index contributed by atoms with van der Waals surface area (Å²) in [5.41, 5.74) is 0.688. The molecule has 1 aromatic carbocycles. The molecule has 0 amide bonds. The second kappa shape index (κ2) is 8.11. The topological polar surface area (TPSA) is 35.5 Å². The van der Waals surface area contributed by atoms with Crippen molar-refractivity contribution in [1.29, 1.82) is 0 Å². The van der Waals surface area contributed by atoms with E-state index in [1.165, 1.54) is 0 Å². The van der Waals surface area contributed by atoms with Crippen molar-refractivity contribution >= 4 is 29.3 Å². The molecule has 21 heavy (non-hydrogen) atoms. The molecule has 1 fully saturated rings. The van der Waals surface area contributed by atoms with Crippen LogP contribution in [0.4, 0.5) is 0 Å². The molecule has 5 heteroatoms. The average Bonchev–Trinajstić information content (AvgIpc) is 2.50. The molecule has 0 saturated carbocycles. The molecule has 0 radical (unpaired) electrons. The molecule has 1 aromatic rings. The van der Waals surface area contributed by atoms with Crippen molar-refractivity contribution in [2.75, 3.05) is 26.1 Å². The van der Waals surface area contributed by atoms with Crippen molar-refractivity contribution in [3.63, 3.8) is 0 Å². The highest BCUT2D eigenvalue weighted by Gasteiger charge is 2.31. The van der Waals surface area contributed by atoms with Gasteiger partial charge in [-0.05, 0) is 12.1 Å². The van der Waals surface area contributed by atoms with Crippen LogP contribution in [-0.2, 0) is 4.74 Å². The summed E-state index contributed by atoms with van der Waals surface area (Å²) < 4.78 is 10.7. The van der Waals surface area contributed by atoms with Gasteiger partial charge in [0.05, 0.1) is 17.4 Å². The fourth-order valence-electron chi connectivity index (χ4n) is 2.13. The normalized spacial score (nSPS) is 25.6. The summed E-state index contributed by atoms with van der Waals surface area (Å²) in [6.45, 7) is 5.40. The van der Waals surface area contributed by atoms with Crippen molar-refractivity contribution in [3.05, 3.63) is 29.8 Å². The molecule has 116 valence electrons. The van der Waals surface area contributed by atoms with Crippen LogP contribution in [0.1, 0.15) is 24.2 Å². The van der Waals surface area contributed by atoms with Gasteiger partial charge in [0, 0.05) is 23.4 Å². The fourth-order valence-corrected chi connectivity index (χ4v) is 4.99. The van der Waals surface area contributed by atoms with Crippen LogP contribution in [0.2, 0.25) is 0 Å². The van der Waals surface area contributed by atoms with Crippen LogP contribution >= 0.6 is 23.5 Å². The third kappa shape index (κ3) is 4.41. The van der Waals surface area contributed by atoms with E-state index in [1.54, 1.807) is 18.9 Å². The molecule has 2 rings (SSSR count). The molecule has 3 nitrogen and oxygen atoms in total. The minimum Gasteiger partial charge on any atom is -0.490 e. The highest BCUT2D eigenvalue weighted by molar-refractivity contribution is 8.08. The van der Waals surface area contributed by atoms with Crippen LogP contribution in [0.3, 0.4) is 0 Å². The Morgan fingerprint density at radius 1 is 1.24 bits per heavy atom. The van der Waals surface area contributed by atoms with E-state index in [0.717, 1.165) is 5.75 Å². The molecule has 1 saturated heterocycles. The number of carbonyl (C=O) groups is 1.